The topological polar surface area (TPSA) is 113 Å². The van der Waals surface area contributed by atoms with Crippen LogP contribution < -0.4 is 10.5 Å². The molecule has 2 aliphatic heterocycles. The molecule has 0 spiro atoms. The van der Waals surface area contributed by atoms with Crippen molar-refractivity contribution in [3.8, 4) is 11.9 Å². The van der Waals surface area contributed by atoms with E-state index in [9.17, 15) is 9.59 Å². The highest BCUT2D eigenvalue weighted by molar-refractivity contribution is 5.82. The number of nitrogens with two attached hydrogens (primary N) is 1. The second kappa shape index (κ2) is 6.84. The number of fused-ring (bicyclic) bond motifs is 1. The van der Waals surface area contributed by atoms with Gasteiger partial charge in [0.15, 0.2) is 0 Å². The Hall–Kier alpha value is -2.82. The third kappa shape index (κ3) is 2.76. The Morgan fingerprint density at radius 3 is 2.72 bits per heavy atom. The summed E-state index contributed by atoms with van der Waals surface area (Å²) in [6, 6.07) is 5.81. The molecule has 7 rings (SSSR count). The maximum absolute atomic E-state index is 13.6. The lowest BCUT2D eigenvalue weighted by Crippen LogP contribution is -2.62. The fourth-order valence-corrected chi connectivity index (χ4v) is 7.92. The zero-order valence-corrected chi connectivity index (χ0v) is 18.2. The number of nitrogens with zero attached hydrogens (tertiary/aromatic N) is 4. The van der Waals surface area contributed by atoms with E-state index < -0.39 is 0 Å². The van der Waals surface area contributed by atoms with Crippen molar-refractivity contribution < 1.29 is 14.3 Å². The molecule has 168 valence electrons. The minimum atomic E-state index is -0.339. The average molecular weight is 436 g/mol. The lowest BCUT2D eigenvalue weighted by atomic mass is 9.47. The van der Waals surface area contributed by atoms with E-state index in [-0.39, 0.29) is 28.9 Å². The van der Waals surface area contributed by atoms with Crippen molar-refractivity contribution in [2.75, 3.05) is 19.7 Å². The summed E-state index contributed by atoms with van der Waals surface area (Å²) in [6.45, 7) is 1.84. The maximum atomic E-state index is 13.6. The van der Waals surface area contributed by atoms with Crippen LogP contribution in [0.3, 0.4) is 0 Å². The first-order valence-corrected chi connectivity index (χ1v) is 11.8. The lowest BCUT2D eigenvalue weighted by Gasteiger charge is -2.60. The maximum Gasteiger partial charge on any atom is 0.321 e. The molecular formula is C24H29N5O3. The molecular weight excluding hydrogens is 406 g/mol. The molecule has 8 nitrogen and oxygen atoms in total. The smallest absolute Gasteiger partial charge is 0.321 e. The van der Waals surface area contributed by atoms with Gasteiger partial charge in [-0.2, -0.15) is 5.26 Å². The van der Waals surface area contributed by atoms with Crippen LogP contribution in [0.4, 0.5) is 4.79 Å². The first-order valence-electron chi connectivity index (χ1n) is 11.8. The number of hydrogen-bond acceptors (Lipinski definition) is 5. The van der Waals surface area contributed by atoms with Crippen LogP contribution in [0.5, 0.6) is 5.88 Å². The molecule has 4 aliphatic carbocycles. The fourth-order valence-electron chi connectivity index (χ4n) is 7.92. The third-order valence-corrected chi connectivity index (χ3v) is 9.00. The second-order valence-electron chi connectivity index (χ2n) is 10.8. The van der Waals surface area contributed by atoms with Crippen LogP contribution in [0.15, 0.2) is 18.3 Å². The van der Waals surface area contributed by atoms with E-state index in [4.69, 9.17) is 15.7 Å². The number of urea groups is 1. The molecule has 4 saturated carbocycles. The quantitative estimate of drug-likeness (QED) is 0.762. The van der Waals surface area contributed by atoms with E-state index in [2.05, 4.69) is 16.0 Å². The summed E-state index contributed by atoms with van der Waals surface area (Å²) in [4.78, 5) is 34.3. The SMILES string of the molecule is N#Cc1ccc(OCC23CCCN2C(=O)N(C2C4CC5CC2CC(C(N)=O)(C5)C4)C3)nc1. The van der Waals surface area contributed by atoms with Crippen molar-refractivity contribution in [1.29, 1.82) is 5.26 Å². The molecule has 0 aromatic carbocycles. The Morgan fingerprint density at radius 2 is 2.06 bits per heavy atom. The number of pyridine rings is 1. The van der Waals surface area contributed by atoms with Gasteiger partial charge in [-0.1, -0.05) is 0 Å². The van der Waals surface area contributed by atoms with Gasteiger partial charge in [0.05, 0.1) is 11.1 Å². The van der Waals surface area contributed by atoms with Gasteiger partial charge in [-0.05, 0) is 68.8 Å². The van der Waals surface area contributed by atoms with Crippen LogP contribution in [-0.4, -0.2) is 58.0 Å². The third-order valence-electron chi connectivity index (χ3n) is 9.00. The van der Waals surface area contributed by atoms with Crippen LogP contribution >= 0.6 is 0 Å². The van der Waals surface area contributed by atoms with Crippen LogP contribution in [0.1, 0.15) is 50.5 Å². The molecule has 3 heterocycles. The van der Waals surface area contributed by atoms with Gasteiger partial charge >= 0.3 is 6.03 Å². The van der Waals surface area contributed by atoms with Gasteiger partial charge in [0.2, 0.25) is 11.8 Å². The van der Waals surface area contributed by atoms with Gasteiger partial charge in [-0.3, -0.25) is 4.79 Å². The molecule has 1 aromatic rings. The number of amides is 3. The first kappa shape index (κ1) is 19.8. The standard InChI is InChI=1S/C24H29N5O3/c25-11-15-2-3-19(27-12-15)32-14-24-4-1-5-29(24)22(31)28(13-24)20-17-6-16-7-18(20)10-23(8-16,9-17)21(26)30/h2-3,12,16-18,20H,1,4-10,13-14H2,(H2,26,30). The molecule has 6 aliphatic rings. The molecule has 3 unspecified atom stereocenters. The van der Waals surface area contributed by atoms with Gasteiger partial charge in [0, 0.05) is 36.8 Å². The normalized spacial score (nSPS) is 39.3. The number of carbonyl (C=O) groups excluding carboxylic acids is 2. The number of rotatable bonds is 5. The first-order chi connectivity index (χ1) is 15.4. The van der Waals surface area contributed by atoms with Crippen molar-refractivity contribution >= 4 is 11.9 Å². The van der Waals surface area contributed by atoms with Crippen LogP contribution in [0.25, 0.3) is 0 Å². The molecule has 32 heavy (non-hydrogen) atoms. The van der Waals surface area contributed by atoms with Gasteiger partial charge < -0.3 is 20.3 Å². The number of primary amides is 1. The van der Waals surface area contributed by atoms with Gasteiger partial charge in [0.1, 0.15) is 12.7 Å². The number of aromatic nitrogens is 1. The number of carbonyl (C=O) groups is 2. The predicted molar refractivity (Wildman–Crippen MR) is 114 cm³/mol. The average Bonchev–Trinajstić information content (AvgIpc) is 3.30. The summed E-state index contributed by atoms with van der Waals surface area (Å²) in [7, 11) is 0. The van der Waals surface area contributed by atoms with Gasteiger partial charge in [-0.15, -0.1) is 0 Å². The Kier molecular flexibility index (Phi) is 4.24. The summed E-state index contributed by atoms with van der Waals surface area (Å²) in [5.41, 5.74) is 5.68. The van der Waals surface area contributed by atoms with E-state index in [1.165, 1.54) is 6.20 Å². The van der Waals surface area contributed by atoms with Crippen molar-refractivity contribution in [1.82, 2.24) is 14.8 Å². The van der Waals surface area contributed by atoms with E-state index >= 15 is 0 Å². The van der Waals surface area contributed by atoms with Crippen molar-refractivity contribution in [3.05, 3.63) is 23.9 Å². The monoisotopic (exact) mass is 435 g/mol. The zero-order valence-electron chi connectivity index (χ0n) is 18.2. The van der Waals surface area contributed by atoms with E-state index in [0.717, 1.165) is 51.5 Å². The van der Waals surface area contributed by atoms with Gasteiger partial charge in [-0.25, -0.2) is 9.78 Å². The minimum Gasteiger partial charge on any atom is -0.475 e. The summed E-state index contributed by atoms with van der Waals surface area (Å²) >= 11 is 0. The largest absolute Gasteiger partial charge is 0.475 e. The Bertz CT molecular complexity index is 988. The highest BCUT2D eigenvalue weighted by Gasteiger charge is 2.63. The van der Waals surface area contributed by atoms with E-state index in [0.29, 0.717) is 42.3 Å². The van der Waals surface area contributed by atoms with E-state index in [1.807, 2.05) is 4.90 Å². The van der Waals surface area contributed by atoms with Crippen LogP contribution in [0.2, 0.25) is 0 Å². The molecule has 3 atom stereocenters. The fraction of sp³-hybridized carbons (Fsp3) is 0.667. The molecule has 6 fully saturated rings. The molecule has 8 heteroatoms. The summed E-state index contributed by atoms with van der Waals surface area (Å²) in [6.07, 6.45) is 8.24. The lowest BCUT2D eigenvalue weighted by molar-refractivity contribution is -0.150. The summed E-state index contributed by atoms with van der Waals surface area (Å²) < 4.78 is 6.04. The number of ether oxygens (including phenoxy) is 1. The second-order valence-corrected chi connectivity index (χ2v) is 10.8. The van der Waals surface area contributed by atoms with Crippen LogP contribution in [-0.2, 0) is 4.79 Å². The molecule has 4 bridgehead atoms. The highest BCUT2D eigenvalue weighted by Crippen LogP contribution is 2.61. The zero-order chi connectivity index (χ0) is 22.1. The number of nitriles is 1. The molecule has 2 N–H and O–H groups in total. The summed E-state index contributed by atoms with van der Waals surface area (Å²) in [5.74, 6) is 1.66. The van der Waals surface area contributed by atoms with Crippen molar-refractivity contribution in [2.24, 2.45) is 28.9 Å². The Balaban J connectivity index is 1.22. The van der Waals surface area contributed by atoms with Gasteiger partial charge in [0.25, 0.3) is 0 Å². The van der Waals surface area contributed by atoms with Crippen molar-refractivity contribution in [3.63, 3.8) is 0 Å². The minimum absolute atomic E-state index is 0.129. The number of hydrogen-bond donors (Lipinski definition) is 1. The molecule has 3 amide bonds. The molecule has 1 aromatic heterocycles. The van der Waals surface area contributed by atoms with Crippen LogP contribution in [0, 0.1) is 34.5 Å². The highest BCUT2D eigenvalue weighted by atomic mass is 16.5. The predicted octanol–water partition coefficient (Wildman–Crippen LogP) is 2.28. The molecule has 0 radical (unpaired) electrons. The molecule has 2 saturated heterocycles. The van der Waals surface area contributed by atoms with E-state index in [1.54, 1.807) is 12.1 Å². The summed E-state index contributed by atoms with van der Waals surface area (Å²) in [5, 5.41) is 8.96. The Morgan fingerprint density at radius 1 is 1.28 bits per heavy atom. The van der Waals surface area contributed by atoms with Crippen molar-refractivity contribution in [2.45, 2.75) is 56.5 Å². The Labute approximate surface area is 187 Å².